The lowest BCUT2D eigenvalue weighted by Crippen LogP contribution is -2.14. The highest BCUT2D eigenvalue weighted by Gasteiger charge is 2.35. The Kier molecular flexibility index (Phi) is 5.01. The second kappa shape index (κ2) is 8.67. The van der Waals surface area contributed by atoms with Crippen LogP contribution in [0.15, 0.2) is 116 Å². The summed E-state index contributed by atoms with van der Waals surface area (Å²) in [6.07, 6.45) is 3.55. The second-order valence-electron chi connectivity index (χ2n) is 11.2. The molecule has 0 fully saturated rings. The predicted octanol–water partition coefficient (Wildman–Crippen LogP) is 8.75. The first-order chi connectivity index (χ1) is 20.0. The molecule has 2 heterocycles. The molecular weight excluding hydrogens is 507 g/mol. The van der Waals surface area contributed by atoms with Crippen molar-refractivity contribution in [3.05, 3.63) is 132 Å². The van der Waals surface area contributed by atoms with Gasteiger partial charge in [0.25, 0.3) is 0 Å². The van der Waals surface area contributed by atoms with Crippen LogP contribution >= 0.6 is 0 Å². The summed E-state index contributed by atoms with van der Waals surface area (Å²) in [6.45, 7) is 4.56. The average molecular weight is 533 g/mol. The van der Waals surface area contributed by atoms with Gasteiger partial charge in [-0.3, -0.25) is 4.98 Å². The largest absolute Gasteiger partial charge is 0.265 e. The van der Waals surface area contributed by atoms with E-state index in [4.69, 9.17) is 10.2 Å². The summed E-state index contributed by atoms with van der Waals surface area (Å²) in [7, 11) is 0. The van der Waals surface area contributed by atoms with Crippen molar-refractivity contribution in [1.82, 2.24) is 20.0 Å². The fraction of sp³-hybridized carbons (Fsp3) is 0.0833. The van der Waals surface area contributed by atoms with E-state index in [1.54, 1.807) is 23.3 Å². The summed E-state index contributed by atoms with van der Waals surface area (Å²) in [5, 5.41) is 11.5. The Morgan fingerprint density at radius 3 is 2.22 bits per heavy atom. The molecule has 1 aliphatic carbocycles. The zero-order chi connectivity index (χ0) is 27.7. The van der Waals surface area contributed by atoms with E-state index in [0.717, 1.165) is 38.7 Å². The van der Waals surface area contributed by atoms with Crippen LogP contribution in [0.3, 0.4) is 0 Å². The molecule has 0 amide bonds. The number of halogens is 1. The van der Waals surface area contributed by atoms with Gasteiger partial charge >= 0.3 is 0 Å². The lowest BCUT2D eigenvalue weighted by Gasteiger charge is -2.22. The number of aromatic nitrogens is 4. The maximum atomic E-state index is 14.7. The lowest BCUT2D eigenvalue weighted by molar-refractivity contribution is 0.630. The SMILES string of the molecule is CC1(C)c2ccccc2-c2ccc(-c3cc4nn(-c5ccccc5-c5ccncc5)nc4c4cc(F)ccc34)cc21. The normalized spacial score (nSPS) is 13.4. The van der Waals surface area contributed by atoms with Crippen molar-refractivity contribution in [1.29, 1.82) is 0 Å². The number of hydrogen-bond donors (Lipinski definition) is 0. The van der Waals surface area contributed by atoms with Gasteiger partial charge in [-0.25, -0.2) is 4.39 Å². The predicted molar refractivity (Wildman–Crippen MR) is 163 cm³/mol. The van der Waals surface area contributed by atoms with Gasteiger partial charge in [0.2, 0.25) is 0 Å². The monoisotopic (exact) mass is 532 g/mol. The van der Waals surface area contributed by atoms with Crippen LogP contribution < -0.4 is 0 Å². The van der Waals surface area contributed by atoms with Crippen molar-refractivity contribution in [2.24, 2.45) is 0 Å². The summed E-state index contributed by atoms with van der Waals surface area (Å²) in [5.41, 5.74) is 11.4. The van der Waals surface area contributed by atoms with Crippen molar-refractivity contribution >= 4 is 21.8 Å². The van der Waals surface area contributed by atoms with Crippen LogP contribution in [0.1, 0.15) is 25.0 Å². The molecule has 2 aromatic heterocycles. The van der Waals surface area contributed by atoms with Crippen molar-refractivity contribution in [3.8, 4) is 39.1 Å². The van der Waals surface area contributed by atoms with E-state index >= 15 is 0 Å². The summed E-state index contributed by atoms with van der Waals surface area (Å²) >= 11 is 0. The molecule has 7 aromatic rings. The van der Waals surface area contributed by atoms with Crippen LogP contribution in [-0.2, 0) is 5.41 Å². The minimum absolute atomic E-state index is 0.117. The first-order valence-electron chi connectivity index (χ1n) is 13.7. The molecule has 41 heavy (non-hydrogen) atoms. The molecule has 0 N–H and O–H groups in total. The molecule has 0 bridgehead atoms. The number of hydrogen-bond acceptors (Lipinski definition) is 3. The smallest absolute Gasteiger partial charge is 0.123 e. The molecule has 0 radical (unpaired) electrons. The second-order valence-corrected chi connectivity index (χ2v) is 11.2. The van der Waals surface area contributed by atoms with Gasteiger partial charge in [-0.2, -0.15) is 0 Å². The molecule has 0 spiro atoms. The number of nitrogens with zero attached hydrogens (tertiary/aromatic N) is 4. The molecule has 5 heteroatoms. The molecule has 196 valence electrons. The van der Waals surface area contributed by atoms with Crippen LogP contribution in [0.2, 0.25) is 0 Å². The third kappa shape index (κ3) is 3.55. The maximum Gasteiger partial charge on any atom is 0.123 e. The van der Waals surface area contributed by atoms with Gasteiger partial charge in [-0.1, -0.05) is 74.5 Å². The Labute approximate surface area is 236 Å². The highest BCUT2D eigenvalue weighted by Crippen LogP contribution is 2.50. The van der Waals surface area contributed by atoms with Crippen LogP contribution in [0, 0.1) is 5.82 Å². The van der Waals surface area contributed by atoms with Gasteiger partial charge in [-0.15, -0.1) is 15.0 Å². The van der Waals surface area contributed by atoms with E-state index in [2.05, 4.69) is 67.4 Å². The van der Waals surface area contributed by atoms with Gasteiger partial charge < -0.3 is 0 Å². The van der Waals surface area contributed by atoms with E-state index in [-0.39, 0.29) is 11.2 Å². The summed E-state index contributed by atoms with van der Waals surface area (Å²) in [5.74, 6) is -0.298. The first kappa shape index (κ1) is 23.7. The molecule has 4 nitrogen and oxygen atoms in total. The molecule has 0 saturated heterocycles. The summed E-state index contributed by atoms with van der Waals surface area (Å²) in [6, 6.07) is 34.3. The van der Waals surface area contributed by atoms with E-state index in [1.165, 1.54) is 28.3 Å². The van der Waals surface area contributed by atoms with Gasteiger partial charge in [0.05, 0.1) is 5.69 Å². The van der Waals surface area contributed by atoms with Crippen molar-refractivity contribution in [2.75, 3.05) is 0 Å². The minimum atomic E-state index is -0.298. The third-order valence-electron chi connectivity index (χ3n) is 8.45. The third-order valence-corrected chi connectivity index (χ3v) is 8.45. The van der Waals surface area contributed by atoms with Crippen molar-refractivity contribution < 1.29 is 4.39 Å². The summed E-state index contributed by atoms with van der Waals surface area (Å²) in [4.78, 5) is 5.82. The molecule has 0 saturated carbocycles. The molecule has 1 aliphatic rings. The molecule has 8 rings (SSSR count). The van der Waals surface area contributed by atoms with Crippen LogP contribution in [-0.4, -0.2) is 20.0 Å². The molecule has 0 aliphatic heterocycles. The van der Waals surface area contributed by atoms with Gasteiger partial charge in [-0.05, 0) is 86.8 Å². The van der Waals surface area contributed by atoms with E-state index in [9.17, 15) is 4.39 Å². The standard InChI is InChI=1S/C36H25FN4/c1-36(2)31-9-5-3-8-27(31)28-13-11-23(19-32(28)36)29-21-33-35(30-20-24(37)12-14-26(29)30)40-41(39-33)34-10-6-4-7-25(34)22-15-17-38-18-16-22/h3-21H,1-2H3. The number of benzene rings is 5. The maximum absolute atomic E-state index is 14.7. The zero-order valence-electron chi connectivity index (χ0n) is 22.6. The number of rotatable bonds is 3. The van der Waals surface area contributed by atoms with Crippen LogP contribution in [0.4, 0.5) is 4.39 Å². The first-order valence-corrected chi connectivity index (χ1v) is 13.7. The van der Waals surface area contributed by atoms with Gasteiger partial charge in [0.1, 0.15) is 16.9 Å². The Morgan fingerprint density at radius 1 is 0.610 bits per heavy atom. The summed E-state index contributed by atoms with van der Waals surface area (Å²) < 4.78 is 14.7. The Morgan fingerprint density at radius 2 is 1.37 bits per heavy atom. The van der Waals surface area contributed by atoms with Crippen LogP contribution in [0.5, 0.6) is 0 Å². The minimum Gasteiger partial charge on any atom is -0.265 e. The van der Waals surface area contributed by atoms with E-state index < -0.39 is 0 Å². The molecular formula is C36H25FN4. The Bertz CT molecular complexity index is 2140. The molecule has 0 unspecified atom stereocenters. The van der Waals surface area contributed by atoms with Gasteiger partial charge in [0.15, 0.2) is 0 Å². The number of pyridine rings is 1. The fourth-order valence-corrected chi connectivity index (χ4v) is 6.41. The molecule has 0 atom stereocenters. The number of fused-ring (bicyclic) bond motifs is 6. The fourth-order valence-electron chi connectivity index (χ4n) is 6.41. The quantitative estimate of drug-likeness (QED) is 0.228. The van der Waals surface area contributed by atoms with E-state index in [1.807, 2.05) is 42.5 Å². The van der Waals surface area contributed by atoms with E-state index in [0.29, 0.717) is 11.0 Å². The van der Waals surface area contributed by atoms with Gasteiger partial charge in [0, 0.05) is 28.8 Å². The van der Waals surface area contributed by atoms with Crippen molar-refractivity contribution in [2.45, 2.75) is 19.3 Å². The highest BCUT2D eigenvalue weighted by molar-refractivity contribution is 6.11. The average Bonchev–Trinajstić information content (AvgIpc) is 3.54. The Hall–Kier alpha value is -5.16. The van der Waals surface area contributed by atoms with Crippen molar-refractivity contribution in [3.63, 3.8) is 0 Å². The Balaban J connectivity index is 1.35. The molecule has 5 aromatic carbocycles. The topological polar surface area (TPSA) is 43.6 Å². The van der Waals surface area contributed by atoms with Crippen LogP contribution in [0.25, 0.3) is 60.9 Å². The number of para-hydroxylation sites is 1. The highest BCUT2D eigenvalue weighted by atomic mass is 19.1. The zero-order valence-corrected chi connectivity index (χ0v) is 22.6. The lowest BCUT2D eigenvalue weighted by atomic mass is 9.81.